The number of aryl methyl sites for hydroxylation is 1. The summed E-state index contributed by atoms with van der Waals surface area (Å²) in [6, 6.07) is 0.949. The number of hydrogen-bond acceptors (Lipinski definition) is 2. The summed E-state index contributed by atoms with van der Waals surface area (Å²) in [4.78, 5) is 0. The van der Waals surface area contributed by atoms with E-state index in [1.165, 1.54) is 10.9 Å². The third kappa shape index (κ3) is 3.92. The highest BCUT2D eigenvalue weighted by molar-refractivity contribution is 5.76. The number of halogens is 3. The van der Waals surface area contributed by atoms with Gasteiger partial charge in [0.25, 0.3) is 0 Å². The summed E-state index contributed by atoms with van der Waals surface area (Å²) in [6.07, 6.45) is -1.29. The zero-order chi connectivity index (χ0) is 12.2. The molecule has 4 nitrogen and oxygen atoms in total. The van der Waals surface area contributed by atoms with Crippen LogP contribution in [0.1, 0.15) is 25.0 Å². The topological polar surface area (TPSA) is 67.7 Å². The maximum absolute atomic E-state index is 12.2. The normalized spacial score (nSPS) is 11.7. The van der Waals surface area contributed by atoms with E-state index in [1.807, 2.05) is 0 Å². The monoisotopic (exact) mass is 234 g/mol. The average Bonchev–Trinajstić information content (AvgIpc) is 2.59. The molecule has 0 unspecified atom stereocenters. The van der Waals surface area contributed by atoms with Crippen molar-refractivity contribution in [3.05, 3.63) is 18.0 Å². The molecule has 0 spiro atoms. The van der Waals surface area contributed by atoms with Crippen molar-refractivity contribution in [2.45, 2.75) is 32.0 Å². The third-order valence-electron chi connectivity index (χ3n) is 2.01. The Labute approximate surface area is 90.8 Å². The Balaban J connectivity index is 2.38. The number of nitrogens with one attached hydrogen (secondary N) is 1. The summed E-state index contributed by atoms with van der Waals surface area (Å²) in [5, 5.41) is 10.4. The predicted molar refractivity (Wildman–Crippen MR) is 53.0 cm³/mol. The van der Waals surface area contributed by atoms with Crippen molar-refractivity contribution in [1.29, 1.82) is 5.41 Å². The molecule has 0 radical (unpaired) electrons. The average molecular weight is 234 g/mol. The van der Waals surface area contributed by atoms with Gasteiger partial charge in [-0.05, 0) is 18.9 Å². The van der Waals surface area contributed by atoms with E-state index < -0.39 is 11.9 Å². The van der Waals surface area contributed by atoms with Crippen LogP contribution in [-0.4, -0.2) is 15.6 Å². The molecular formula is C9H13F3N4. The van der Waals surface area contributed by atoms with E-state index in [2.05, 4.69) is 5.10 Å². The van der Waals surface area contributed by atoms with E-state index >= 15 is 0 Å². The summed E-state index contributed by atoms with van der Waals surface area (Å²) >= 11 is 0. The zero-order valence-electron chi connectivity index (χ0n) is 8.59. The van der Waals surface area contributed by atoms with Crippen LogP contribution in [0.25, 0.3) is 0 Å². The number of unbranched alkanes of at least 4 members (excludes halogenated alkanes) is 1. The van der Waals surface area contributed by atoms with Gasteiger partial charge >= 0.3 is 6.18 Å². The van der Waals surface area contributed by atoms with Crippen molar-refractivity contribution in [1.82, 2.24) is 9.78 Å². The Kier molecular flexibility index (Phi) is 3.92. The summed E-state index contributed by atoms with van der Waals surface area (Å²) in [6.45, 7) is 0.406. The van der Waals surface area contributed by atoms with Gasteiger partial charge in [0.15, 0.2) is 5.69 Å². The summed E-state index contributed by atoms with van der Waals surface area (Å²) in [5.74, 6) is 0.0939. The molecule has 1 aromatic rings. The van der Waals surface area contributed by atoms with Gasteiger partial charge in [-0.1, -0.05) is 0 Å². The molecule has 0 aliphatic heterocycles. The molecule has 0 bridgehead atoms. The van der Waals surface area contributed by atoms with Crippen LogP contribution in [0.15, 0.2) is 12.3 Å². The molecule has 0 aliphatic carbocycles. The summed E-state index contributed by atoms with van der Waals surface area (Å²) in [5.41, 5.74) is 4.27. The van der Waals surface area contributed by atoms with E-state index in [9.17, 15) is 13.2 Å². The Morgan fingerprint density at radius 2 is 2.12 bits per heavy atom. The highest BCUT2D eigenvalue weighted by Gasteiger charge is 2.33. The minimum Gasteiger partial charge on any atom is -0.388 e. The highest BCUT2D eigenvalue weighted by atomic mass is 19.4. The lowest BCUT2D eigenvalue weighted by Gasteiger charge is -2.02. The fourth-order valence-electron chi connectivity index (χ4n) is 1.23. The van der Waals surface area contributed by atoms with E-state index in [0.717, 1.165) is 6.07 Å². The number of alkyl halides is 3. The van der Waals surface area contributed by atoms with Crippen molar-refractivity contribution in [3.63, 3.8) is 0 Å². The van der Waals surface area contributed by atoms with Crippen LogP contribution in [0.3, 0.4) is 0 Å². The van der Waals surface area contributed by atoms with Crippen molar-refractivity contribution in [2.75, 3.05) is 0 Å². The SMILES string of the molecule is N=C(N)CCCCn1ccc(C(F)(F)F)n1. The van der Waals surface area contributed by atoms with E-state index in [4.69, 9.17) is 11.1 Å². The number of hydrogen-bond donors (Lipinski definition) is 2. The number of amidine groups is 1. The smallest absolute Gasteiger partial charge is 0.388 e. The molecule has 0 saturated heterocycles. The van der Waals surface area contributed by atoms with Crippen LogP contribution in [0.4, 0.5) is 13.2 Å². The van der Waals surface area contributed by atoms with Gasteiger partial charge in [0.2, 0.25) is 0 Å². The van der Waals surface area contributed by atoms with Crippen LogP contribution in [0.5, 0.6) is 0 Å². The number of nitrogens with zero attached hydrogens (tertiary/aromatic N) is 2. The molecule has 1 aromatic heterocycles. The van der Waals surface area contributed by atoms with E-state index in [-0.39, 0.29) is 5.84 Å². The Morgan fingerprint density at radius 3 is 2.62 bits per heavy atom. The molecule has 0 aromatic carbocycles. The standard InChI is InChI=1S/C9H13F3N4/c10-9(11,12)7-4-6-16(15-7)5-2-1-3-8(13)14/h4,6H,1-3,5H2,(H3,13,14). The minimum absolute atomic E-state index is 0.0939. The largest absolute Gasteiger partial charge is 0.435 e. The van der Waals surface area contributed by atoms with Crippen molar-refractivity contribution >= 4 is 5.84 Å². The first-order valence-corrected chi connectivity index (χ1v) is 4.83. The molecule has 1 heterocycles. The first kappa shape index (κ1) is 12.5. The Bertz CT molecular complexity index is 356. The van der Waals surface area contributed by atoms with Crippen molar-refractivity contribution in [3.8, 4) is 0 Å². The first-order chi connectivity index (χ1) is 7.39. The van der Waals surface area contributed by atoms with Crippen LogP contribution in [-0.2, 0) is 12.7 Å². The van der Waals surface area contributed by atoms with Crippen LogP contribution in [0, 0.1) is 5.41 Å². The second kappa shape index (κ2) is 5.00. The number of nitrogens with two attached hydrogens (primary N) is 1. The number of rotatable bonds is 5. The number of aromatic nitrogens is 2. The van der Waals surface area contributed by atoms with Gasteiger partial charge in [-0.25, -0.2) is 0 Å². The second-order valence-electron chi connectivity index (χ2n) is 3.44. The fraction of sp³-hybridized carbons (Fsp3) is 0.556. The molecule has 1 rings (SSSR count). The Morgan fingerprint density at radius 1 is 1.44 bits per heavy atom. The molecular weight excluding hydrogens is 221 g/mol. The lowest BCUT2D eigenvalue weighted by Crippen LogP contribution is -2.10. The summed E-state index contributed by atoms with van der Waals surface area (Å²) < 4.78 is 37.8. The van der Waals surface area contributed by atoms with Gasteiger partial charge in [0.1, 0.15) is 0 Å². The first-order valence-electron chi connectivity index (χ1n) is 4.83. The second-order valence-corrected chi connectivity index (χ2v) is 3.44. The maximum atomic E-state index is 12.2. The van der Waals surface area contributed by atoms with Gasteiger partial charge in [-0.3, -0.25) is 10.1 Å². The quantitative estimate of drug-likeness (QED) is 0.465. The summed E-state index contributed by atoms with van der Waals surface area (Å²) in [7, 11) is 0. The molecule has 16 heavy (non-hydrogen) atoms. The minimum atomic E-state index is -4.38. The molecule has 0 atom stereocenters. The van der Waals surface area contributed by atoms with E-state index in [1.54, 1.807) is 0 Å². The molecule has 0 saturated carbocycles. The Hall–Kier alpha value is -1.53. The zero-order valence-corrected chi connectivity index (χ0v) is 8.59. The van der Waals surface area contributed by atoms with Crippen molar-refractivity contribution in [2.24, 2.45) is 5.73 Å². The van der Waals surface area contributed by atoms with Gasteiger partial charge in [0, 0.05) is 19.2 Å². The molecule has 7 heteroatoms. The maximum Gasteiger partial charge on any atom is 0.435 e. The van der Waals surface area contributed by atoms with Gasteiger partial charge < -0.3 is 5.73 Å². The van der Waals surface area contributed by atoms with Gasteiger partial charge in [-0.2, -0.15) is 18.3 Å². The molecule has 90 valence electrons. The van der Waals surface area contributed by atoms with Crippen molar-refractivity contribution < 1.29 is 13.2 Å². The fourth-order valence-corrected chi connectivity index (χ4v) is 1.23. The highest BCUT2D eigenvalue weighted by Crippen LogP contribution is 2.27. The third-order valence-corrected chi connectivity index (χ3v) is 2.01. The molecule has 0 amide bonds. The van der Waals surface area contributed by atoms with Crippen LogP contribution >= 0.6 is 0 Å². The molecule has 0 aliphatic rings. The van der Waals surface area contributed by atoms with Gasteiger partial charge in [-0.15, -0.1) is 0 Å². The van der Waals surface area contributed by atoms with Crippen LogP contribution < -0.4 is 5.73 Å². The predicted octanol–water partition coefficient (Wildman–Crippen LogP) is 2.01. The van der Waals surface area contributed by atoms with Gasteiger partial charge in [0.05, 0.1) is 5.84 Å². The van der Waals surface area contributed by atoms with E-state index in [0.29, 0.717) is 25.8 Å². The van der Waals surface area contributed by atoms with Crippen LogP contribution in [0.2, 0.25) is 0 Å². The molecule has 3 N–H and O–H groups in total. The molecule has 0 fully saturated rings. The lowest BCUT2D eigenvalue weighted by molar-refractivity contribution is -0.141. The lowest BCUT2D eigenvalue weighted by atomic mass is 10.2.